The summed E-state index contributed by atoms with van der Waals surface area (Å²) < 4.78 is 0. The maximum absolute atomic E-state index is 11.9. The Bertz CT molecular complexity index is 693. The van der Waals surface area contributed by atoms with Crippen molar-refractivity contribution in [2.75, 3.05) is 0 Å². The fraction of sp³-hybridized carbons (Fsp3) is 0.235. The molecule has 0 aliphatic carbocycles. The largest absolute Gasteiger partial charge is 0.369 e. The third-order valence-electron chi connectivity index (χ3n) is 3.36. The molecule has 21 heavy (non-hydrogen) atoms. The van der Waals surface area contributed by atoms with Crippen LogP contribution in [-0.2, 0) is 11.2 Å². The van der Waals surface area contributed by atoms with Crippen molar-refractivity contribution in [2.45, 2.75) is 26.7 Å². The first-order chi connectivity index (χ1) is 10.0. The lowest BCUT2D eigenvalue weighted by molar-refractivity contribution is -0.117. The molecule has 0 aliphatic heterocycles. The lowest BCUT2D eigenvalue weighted by Gasteiger charge is -2.08. The Hall–Kier alpha value is -2.49. The van der Waals surface area contributed by atoms with Crippen molar-refractivity contribution in [1.82, 2.24) is 4.98 Å². The SMILES string of the molecule is CCc1cc(C)c(-c2cccc(C(=O)CC(N)=O)c2)cn1. The van der Waals surface area contributed by atoms with Crippen molar-refractivity contribution in [3.8, 4) is 11.1 Å². The normalized spacial score (nSPS) is 10.4. The van der Waals surface area contributed by atoms with Gasteiger partial charge in [-0.25, -0.2) is 0 Å². The van der Waals surface area contributed by atoms with Gasteiger partial charge in [0.1, 0.15) is 0 Å². The van der Waals surface area contributed by atoms with Crippen LogP contribution in [0.25, 0.3) is 11.1 Å². The number of rotatable bonds is 5. The second kappa shape index (κ2) is 6.31. The van der Waals surface area contributed by atoms with Crippen LogP contribution in [0, 0.1) is 6.92 Å². The number of ketones is 1. The van der Waals surface area contributed by atoms with Crippen LogP contribution in [-0.4, -0.2) is 16.7 Å². The van der Waals surface area contributed by atoms with Crippen molar-refractivity contribution in [3.63, 3.8) is 0 Å². The van der Waals surface area contributed by atoms with Gasteiger partial charge in [-0.15, -0.1) is 0 Å². The second-order valence-corrected chi connectivity index (χ2v) is 4.99. The first kappa shape index (κ1) is 14.9. The van der Waals surface area contributed by atoms with Crippen LogP contribution in [0.1, 0.15) is 35.0 Å². The van der Waals surface area contributed by atoms with Gasteiger partial charge in [0.15, 0.2) is 5.78 Å². The summed E-state index contributed by atoms with van der Waals surface area (Å²) in [5.74, 6) is -0.879. The zero-order chi connectivity index (χ0) is 15.4. The third kappa shape index (κ3) is 3.54. The molecular formula is C17H18N2O2. The average molecular weight is 282 g/mol. The minimum Gasteiger partial charge on any atom is -0.369 e. The fourth-order valence-corrected chi connectivity index (χ4v) is 2.23. The molecule has 0 unspecified atom stereocenters. The van der Waals surface area contributed by atoms with Gasteiger partial charge in [0, 0.05) is 23.0 Å². The highest BCUT2D eigenvalue weighted by atomic mass is 16.2. The Kier molecular flexibility index (Phi) is 4.48. The lowest BCUT2D eigenvalue weighted by Crippen LogP contribution is -2.16. The van der Waals surface area contributed by atoms with Gasteiger partial charge in [-0.05, 0) is 36.6 Å². The minimum atomic E-state index is -0.615. The summed E-state index contributed by atoms with van der Waals surface area (Å²) in [4.78, 5) is 27.2. The predicted molar refractivity (Wildman–Crippen MR) is 81.9 cm³/mol. The summed E-state index contributed by atoms with van der Waals surface area (Å²) in [5, 5.41) is 0. The van der Waals surface area contributed by atoms with E-state index in [0.29, 0.717) is 5.56 Å². The van der Waals surface area contributed by atoms with E-state index in [9.17, 15) is 9.59 Å². The first-order valence-electron chi connectivity index (χ1n) is 6.88. The summed E-state index contributed by atoms with van der Waals surface area (Å²) in [6.45, 7) is 4.08. The Morgan fingerprint density at radius 3 is 2.62 bits per heavy atom. The van der Waals surface area contributed by atoms with E-state index in [1.54, 1.807) is 18.2 Å². The molecule has 0 radical (unpaired) electrons. The summed E-state index contributed by atoms with van der Waals surface area (Å²) in [7, 11) is 0. The van der Waals surface area contributed by atoms with E-state index in [-0.39, 0.29) is 12.2 Å². The highest BCUT2D eigenvalue weighted by Gasteiger charge is 2.11. The van der Waals surface area contributed by atoms with Crippen LogP contribution in [0.4, 0.5) is 0 Å². The van der Waals surface area contributed by atoms with Crippen molar-refractivity contribution in [2.24, 2.45) is 5.73 Å². The molecule has 2 N–H and O–H groups in total. The second-order valence-electron chi connectivity index (χ2n) is 4.99. The van der Waals surface area contributed by atoms with Crippen LogP contribution in [0.2, 0.25) is 0 Å². The summed E-state index contributed by atoms with van der Waals surface area (Å²) in [5.41, 5.74) is 9.61. The topological polar surface area (TPSA) is 73.1 Å². The molecule has 2 aromatic rings. The number of pyridine rings is 1. The summed E-state index contributed by atoms with van der Waals surface area (Å²) in [6.07, 6.45) is 2.44. The van der Waals surface area contributed by atoms with E-state index in [1.165, 1.54) is 0 Å². The molecule has 0 spiro atoms. The number of amides is 1. The monoisotopic (exact) mass is 282 g/mol. The number of nitrogens with zero attached hydrogens (tertiary/aromatic N) is 1. The Labute approximate surface area is 124 Å². The Morgan fingerprint density at radius 2 is 2.00 bits per heavy atom. The molecule has 4 nitrogen and oxygen atoms in total. The van der Waals surface area contributed by atoms with Gasteiger partial charge in [-0.1, -0.05) is 25.1 Å². The number of hydrogen-bond donors (Lipinski definition) is 1. The quantitative estimate of drug-likeness (QED) is 0.677. The minimum absolute atomic E-state index is 0.264. The third-order valence-corrected chi connectivity index (χ3v) is 3.36. The van der Waals surface area contributed by atoms with Crippen molar-refractivity contribution in [1.29, 1.82) is 0 Å². The highest BCUT2D eigenvalue weighted by molar-refractivity contribution is 6.07. The molecule has 1 aromatic carbocycles. The molecule has 0 bridgehead atoms. The van der Waals surface area contributed by atoms with Crippen LogP contribution < -0.4 is 5.73 Å². The van der Waals surface area contributed by atoms with Crippen LogP contribution in [0.3, 0.4) is 0 Å². The molecule has 0 atom stereocenters. The van der Waals surface area contributed by atoms with E-state index in [2.05, 4.69) is 11.9 Å². The van der Waals surface area contributed by atoms with E-state index < -0.39 is 5.91 Å². The van der Waals surface area contributed by atoms with Gasteiger partial charge in [0.25, 0.3) is 0 Å². The smallest absolute Gasteiger partial charge is 0.225 e. The van der Waals surface area contributed by atoms with E-state index >= 15 is 0 Å². The number of carbonyl (C=O) groups is 2. The zero-order valence-corrected chi connectivity index (χ0v) is 12.2. The Morgan fingerprint density at radius 1 is 1.24 bits per heavy atom. The number of Topliss-reactive ketones (excluding diaryl/α,β-unsaturated/α-hetero) is 1. The predicted octanol–water partition coefficient (Wildman–Crippen LogP) is 2.68. The van der Waals surface area contributed by atoms with Gasteiger partial charge >= 0.3 is 0 Å². The van der Waals surface area contributed by atoms with Gasteiger partial charge in [0.2, 0.25) is 5.91 Å². The van der Waals surface area contributed by atoms with Crippen LogP contribution >= 0.6 is 0 Å². The van der Waals surface area contributed by atoms with Crippen LogP contribution in [0.15, 0.2) is 36.5 Å². The van der Waals surface area contributed by atoms with Crippen molar-refractivity contribution >= 4 is 11.7 Å². The molecule has 2 rings (SSSR count). The molecule has 4 heteroatoms. The Balaban J connectivity index is 2.37. The van der Waals surface area contributed by atoms with Crippen molar-refractivity contribution in [3.05, 3.63) is 53.3 Å². The number of primary amides is 1. The number of hydrogen-bond acceptors (Lipinski definition) is 3. The highest BCUT2D eigenvalue weighted by Crippen LogP contribution is 2.24. The van der Waals surface area contributed by atoms with Gasteiger partial charge in [-0.2, -0.15) is 0 Å². The maximum Gasteiger partial charge on any atom is 0.225 e. The first-order valence-corrected chi connectivity index (χ1v) is 6.88. The average Bonchev–Trinajstić information content (AvgIpc) is 2.46. The van der Waals surface area contributed by atoms with E-state index in [1.807, 2.05) is 25.3 Å². The fourth-order valence-electron chi connectivity index (χ4n) is 2.23. The molecule has 0 fully saturated rings. The molecule has 0 saturated heterocycles. The standard InChI is InChI=1S/C17H18N2O2/c1-3-14-7-11(2)15(10-19-14)12-5-4-6-13(8-12)16(20)9-17(18)21/h4-8,10H,3,9H2,1-2H3,(H2,18,21). The number of aryl methyl sites for hydroxylation is 2. The molecule has 1 heterocycles. The molecule has 0 saturated carbocycles. The zero-order valence-electron chi connectivity index (χ0n) is 12.2. The molecule has 1 aromatic heterocycles. The lowest BCUT2D eigenvalue weighted by atomic mass is 9.98. The maximum atomic E-state index is 11.9. The molecule has 108 valence electrons. The number of benzene rings is 1. The molecule has 0 aliphatic rings. The van der Waals surface area contributed by atoms with E-state index in [4.69, 9.17) is 5.73 Å². The summed E-state index contributed by atoms with van der Waals surface area (Å²) >= 11 is 0. The van der Waals surface area contributed by atoms with Gasteiger partial charge < -0.3 is 5.73 Å². The summed E-state index contributed by atoms with van der Waals surface area (Å²) in [6, 6.07) is 9.25. The van der Waals surface area contributed by atoms with Crippen molar-refractivity contribution < 1.29 is 9.59 Å². The van der Waals surface area contributed by atoms with Gasteiger partial charge in [-0.3, -0.25) is 14.6 Å². The number of aromatic nitrogens is 1. The van der Waals surface area contributed by atoms with E-state index in [0.717, 1.165) is 28.8 Å². The van der Waals surface area contributed by atoms with Gasteiger partial charge in [0.05, 0.1) is 6.42 Å². The molecular weight excluding hydrogens is 264 g/mol. The number of nitrogens with two attached hydrogens (primary N) is 1. The number of carbonyl (C=O) groups excluding carboxylic acids is 2. The molecule has 1 amide bonds. The van der Waals surface area contributed by atoms with Crippen LogP contribution in [0.5, 0.6) is 0 Å².